The molecule has 0 saturated carbocycles. The highest BCUT2D eigenvalue weighted by Crippen LogP contribution is 2.33. The van der Waals surface area contributed by atoms with Crippen LogP contribution >= 0.6 is 0 Å². The molecule has 2 aromatic carbocycles. The monoisotopic (exact) mass is 379 g/mol. The van der Waals surface area contributed by atoms with Crippen molar-refractivity contribution < 1.29 is 9.53 Å². The maximum Gasteiger partial charge on any atom is 0.222 e. The summed E-state index contributed by atoms with van der Waals surface area (Å²) in [6.07, 6.45) is 3.57. The number of benzene rings is 2. The fraction of sp³-hybridized carbons (Fsp3) is 0.435. The molecule has 4 rings (SSSR count). The highest BCUT2D eigenvalue weighted by Gasteiger charge is 2.36. The second kappa shape index (κ2) is 8.23. The Balaban J connectivity index is 1.49. The first-order valence-corrected chi connectivity index (χ1v) is 10.1. The minimum Gasteiger partial charge on any atom is -0.497 e. The third kappa shape index (κ3) is 4.30. The van der Waals surface area contributed by atoms with Crippen LogP contribution in [0.4, 0.5) is 5.69 Å². The number of carbonyl (C=O) groups is 1. The number of methoxy groups -OCH3 is 1. The van der Waals surface area contributed by atoms with Gasteiger partial charge in [-0.25, -0.2) is 0 Å². The molecule has 0 unspecified atom stereocenters. The van der Waals surface area contributed by atoms with Gasteiger partial charge >= 0.3 is 0 Å². The van der Waals surface area contributed by atoms with Gasteiger partial charge in [-0.1, -0.05) is 30.3 Å². The molecule has 1 atom stereocenters. The maximum absolute atomic E-state index is 12.5. The second-order valence-electron chi connectivity index (χ2n) is 8.00. The van der Waals surface area contributed by atoms with Crippen molar-refractivity contribution >= 4 is 11.6 Å². The average molecular weight is 380 g/mol. The van der Waals surface area contributed by atoms with Crippen LogP contribution in [0.3, 0.4) is 0 Å². The maximum atomic E-state index is 12.5. The standard InChI is InChI=1S/C23H29N3O2/c1-28-20-8-4-6-18(14-20)17-26-12-5-10-23(11-13-26)15-22(27)24-16-19-7-2-3-9-21(19)25-23/h2-4,6-9,14,25H,5,10-13,15-17H2,1H3,(H,24,27)/t23-/m1/s1. The van der Waals surface area contributed by atoms with Crippen LogP contribution < -0.4 is 15.4 Å². The highest BCUT2D eigenvalue weighted by molar-refractivity contribution is 5.79. The zero-order valence-corrected chi connectivity index (χ0v) is 16.5. The lowest BCUT2D eigenvalue weighted by atomic mass is 9.85. The Morgan fingerprint density at radius 2 is 2.00 bits per heavy atom. The van der Waals surface area contributed by atoms with Gasteiger partial charge in [0.05, 0.1) is 7.11 Å². The van der Waals surface area contributed by atoms with Gasteiger partial charge in [0.1, 0.15) is 5.75 Å². The van der Waals surface area contributed by atoms with E-state index in [0.29, 0.717) is 13.0 Å². The molecule has 2 aliphatic rings. The van der Waals surface area contributed by atoms with Gasteiger partial charge in [0.25, 0.3) is 0 Å². The fourth-order valence-electron chi connectivity index (χ4n) is 4.43. The van der Waals surface area contributed by atoms with Gasteiger partial charge in [0, 0.05) is 37.3 Å². The molecular weight excluding hydrogens is 350 g/mol. The van der Waals surface area contributed by atoms with E-state index in [0.717, 1.165) is 55.9 Å². The lowest BCUT2D eigenvalue weighted by Crippen LogP contribution is -2.46. The summed E-state index contributed by atoms with van der Waals surface area (Å²) in [7, 11) is 1.71. The molecule has 5 heteroatoms. The van der Waals surface area contributed by atoms with E-state index in [2.05, 4.69) is 45.9 Å². The third-order valence-corrected chi connectivity index (χ3v) is 5.97. The molecular formula is C23H29N3O2. The van der Waals surface area contributed by atoms with Gasteiger partial charge in [-0.15, -0.1) is 0 Å². The van der Waals surface area contributed by atoms with Gasteiger partial charge in [0.2, 0.25) is 5.91 Å². The molecule has 28 heavy (non-hydrogen) atoms. The van der Waals surface area contributed by atoms with Gasteiger partial charge in [0.15, 0.2) is 0 Å². The quantitative estimate of drug-likeness (QED) is 0.856. The summed E-state index contributed by atoms with van der Waals surface area (Å²) in [5, 5.41) is 6.87. The van der Waals surface area contributed by atoms with Crippen LogP contribution in [0.15, 0.2) is 48.5 Å². The number of nitrogens with zero attached hydrogens (tertiary/aromatic N) is 1. The van der Waals surface area contributed by atoms with Gasteiger partial charge < -0.3 is 15.4 Å². The molecule has 2 aromatic rings. The van der Waals surface area contributed by atoms with Crippen LogP contribution in [0.25, 0.3) is 0 Å². The van der Waals surface area contributed by atoms with Gasteiger partial charge in [-0.2, -0.15) is 0 Å². The number of hydrogen-bond donors (Lipinski definition) is 2. The third-order valence-electron chi connectivity index (χ3n) is 5.97. The zero-order chi connectivity index (χ0) is 19.4. The number of hydrogen-bond acceptors (Lipinski definition) is 4. The van der Waals surface area contributed by atoms with Crippen LogP contribution in [-0.4, -0.2) is 36.5 Å². The first-order chi connectivity index (χ1) is 13.7. The van der Waals surface area contributed by atoms with E-state index in [-0.39, 0.29) is 11.4 Å². The number of fused-ring (bicyclic) bond motifs is 1. The lowest BCUT2D eigenvalue weighted by Gasteiger charge is -2.37. The molecule has 0 radical (unpaired) electrons. The molecule has 5 nitrogen and oxygen atoms in total. The summed E-state index contributed by atoms with van der Waals surface area (Å²) in [6.45, 7) is 3.53. The van der Waals surface area contributed by atoms with E-state index in [1.54, 1.807) is 7.11 Å². The highest BCUT2D eigenvalue weighted by atomic mass is 16.5. The summed E-state index contributed by atoms with van der Waals surface area (Å²) in [4.78, 5) is 15.0. The summed E-state index contributed by atoms with van der Waals surface area (Å²) >= 11 is 0. The van der Waals surface area contributed by atoms with Crippen molar-refractivity contribution in [1.29, 1.82) is 0 Å². The van der Waals surface area contributed by atoms with Crippen molar-refractivity contribution in [3.63, 3.8) is 0 Å². The van der Waals surface area contributed by atoms with E-state index < -0.39 is 0 Å². The molecule has 148 valence electrons. The Bertz CT molecular complexity index is 838. The SMILES string of the molecule is COc1cccc(CN2CCC[C@@]3(CC2)CC(=O)NCc2ccccc2N3)c1. The molecule has 1 fully saturated rings. The number of anilines is 1. The Labute approximate surface area is 167 Å². The number of rotatable bonds is 3. The van der Waals surface area contributed by atoms with E-state index in [1.807, 2.05) is 18.2 Å². The molecule has 1 amide bonds. The molecule has 1 saturated heterocycles. The summed E-state index contributed by atoms with van der Waals surface area (Å²) in [5.74, 6) is 1.04. The fourth-order valence-corrected chi connectivity index (χ4v) is 4.43. The number of nitrogens with one attached hydrogen (secondary N) is 2. The number of amides is 1. The zero-order valence-electron chi connectivity index (χ0n) is 16.5. The smallest absolute Gasteiger partial charge is 0.222 e. The largest absolute Gasteiger partial charge is 0.497 e. The van der Waals surface area contributed by atoms with Crippen molar-refractivity contribution in [3.05, 3.63) is 59.7 Å². The molecule has 1 spiro atoms. The Hall–Kier alpha value is -2.53. The van der Waals surface area contributed by atoms with Crippen LogP contribution in [-0.2, 0) is 17.9 Å². The van der Waals surface area contributed by atoms with Crippen molar-refractivity contribution in [1.82, 2.24) is 10.2 Å². The minimum atomic E-state index is -0.177. The molecule has 0 bridgehead atoms. The average Bonchev–Trinajstić information content (AvgIpc) is 2.89. The van der Waals surface area contributed by atoms with Crippen LogP contribution in [0, 0.1) is 0 Å². The van der Waals surface area contributed by atoms with Crippen molar-refractivity contribution in [3.8, 4) is 5.75 Å². The van der Waals surface area contributed by atoms with E-state index in [1.165, 1.54) is 5.56 Å². The number of para-hydroxylation sites is 1. The van der Waals surface area contributed by atoms with E-state index in [9.17, 15) is 4.79 Å². The van der Waals surface area contributed by atoms with Gasteiger partial charge in [-0.05, 0) is 55.1 Å². The Morgan fingerprint density at radius 1 is 1.11 bits per heavy atom. The number of likely N-dealkylation sites (tertiary alicyclic amines) is 1. The van der Waals surface area contributed by atoms with E-state index >= 15 is 0 Å². The second-order valence-corrected chi connectivity index (χ2v) is 8.00. The van der Waals surface area contributed by atoms with Crippen molar-refractivity contribution in [2.24, 2.45) is 0 Å². The van der Waals surface area contributed by atoms with Crippen LogP contribution in [0.5, 0.6) is 5.75 Å². The molecule has 0 aliphatic carbocycles. The summed E-state index contributed by atoms with van der Waals surface area (Å²) < 4.78 is 5.36. The normalized spacial score (nSPS) is 23.0. The van der Waals surface area contributed by atoms with Crippen molar-refractivity contribution in [2.75, 3.05) is 25.5 Å². The number of carbonyl (C=O) groups excluding carboxylic acids is 1. The summed E-state index contributed by atoms with van der Waals surface area (Å²) in [5.41, 5.74) is 3.41. The van der Waals surface area contributed by atoms with Crippen LogP contribution in [0.1, 0.15) is 36.8 Å². The van der Waals surface area contributed by atoms with Crippen molar-refractivity contribution in [2.45, 2.75) is 44.3 Å². The topological polar surface area (TPSA) is 53.6 Å². The predicted octanol–water partition coefficient (Wildman–Crippen LogP) is 3.55. The van der Waals surface area contributed by atoms with Crippen LogP contribution in [0.2, 0.25) is 0 Å². The first kappa shape index (κ1) is 18.8. The Morgan fingerprint density at radius 3 is 2.89 bits per heavy atom. The lowest BCUT2D eigenvalue weighted by molar-refractivity contribution is -0.122. The molecule has 2 aliphatic heterocycles. The number of ether oxygens (including phenoxy) is 1. The molecule has 2 heterocycles. The Kier molecular flexibility index (Phi) is 5.53. The van der Waals surface area contributed by atoms with E-state index in [4.69, 9.17) is 4.74 Å². The molecule has 0 aromatic heterocycles. The van der Waals surface area contributed by atoms with Gasteiger partial charge in [-0.3, -0.25) is 9.69 Å². The predicted molar refractivity (Wildman–Crippen MR) is 111 cm³/mol. The molecule has 2 N–H and O–H groups in total. The minimum absolute atomic E-state index is 0.142. The summed E-state index contributed by atoms with van der Waals surface area (Å²) in [6, 6.07) is 16.6. The first-order valence-electron chi connectivity index (χ1n) is 10.1.